The first-order valence-electron chi connectivity index (χ1n) is 9.88. The molecule has 1 aromatic heterocycles. The third kappa shape index (κ3) is 3.47. The summed E-state index contributed by atoms with van der Waals surface area (Å²) in [6.45, 7) is 3.27. The van der Waals surface area contributed by atoms with Crippen LogP contribution in [0.2, 0.25) is 0 Å². The fourth-order valence-corrected chi connectivity index (χ4v) is 3.80. The summed E-state index contributed by atoms with van der Waals surface area (Å²) in [6.07, 6.45) is 0. The van der Waals surface area contributed by atoms with E-state index in [1.165, 1.54) is 21.9 Å². The van der Waals surface area contributed by atoms with Crippen LogP contribution in [0.25, 0.3) is 21.8 Å². The third-order valence-corrected chi connectivity index (χ3v) is 5.33. The van der Waals surface area contributed by atoms with Gasteiger partial charge in [0.1, 0.15) is 18.2 Å². The van der Waals surface area contributed by atoms with Crippen LogP contribution in [0.1, 0.15) is 17.0 Å². The van der Waals surface area contributed by atoms with Crippen molar-refractivity contribution in [3.63, 3.8) is 0 Å². The fraction of sp³-hybridized carbons (Fsp3) is 0.115. The van der Waals surface area contributed by atoms with E-state index in [4.69, 9.17) is 9.72 Å². The van der Waals surface area contributed by atoms with Crippen LogP contribution in [-0.4, -0.2) is 9.55 Å². The van der Waals surface area contributed by atoms with Gasteiger partial charge in [0.2, 0.25) is 0 Å². The molecule has 0 aliphatic rings. The van der Waals surface area contributed by atoms with Gasteiger partial charge in [0.05, 0.1) is 17.6 Å². The molecule has 0 saturated heterocycles. The average Bonchev–Trinajstić information content (AvgIpc) is 3.11. The summed E-state index contributed by atoms with van der Waals surface area (Å²) in [5, 5.41) is 2.53. The van der Waals surface area contributed by atoms with Crippen molar-refractivity contribution in [3.8, 4) is 5.75 Å². The monoisotopic (exact) mass is 378 g/mol. The molecule has 0 bridgehead atoms. The number of rotatable bonds is 5. The molecule has 3 heteroatoms. The van der Waals surface area contributed by atoms with Crippen LogP contribution in [0.15, 0.2) is 91.0 Å². The highest BCUT2D eigenvalue weighted by Crippen LogP contribution is 2.24. The molecule has 0 aliphatic heterocycles. The predicted molar refractivity (Wildman–Crippen MR) is 118 cm³/mol. The summed E-state index contributed by atoms with van der Waals surface area (Å²) in [6, 6.07) is 31.4. The van der Waals surface area contributed by atoms with Gasteiger partial charge >= 0.3 is 0 Å². The number of nitrogens with zero attached hydrogens (tertiary/aromatic N) is 2. The van der Waals surface area contributed by atoms with Crippen molar-refractivity contribution >= 4 is 21.8 Å². The number of fused-ring (bicyclic) bond motifs is 2. The second-order valence-corrected chi connectivity index (χ2v) is 7.34. The van der Waals surface area contributed by atoms with E-state index in [2.05, 4.69) is 84.3 Å². The highest BCUT2D eigenvalue weighted by atomic mass is 16.5. The van der Waals surface area contributed by atoms with E-state index in [1.807, 2.05) is 18.2 Å². The molecular formula is C26H22N2O. The second-order valence-electron chi connectivity index (χ2n) is 7.34. The van der Waals surface area contributed by atoms with Crippen molar-refractivity contribution in [3.05, 3.63) is 108 Å². The zero-order chi connectivity index (χ0) is 19.6. The molecule has 0 atom stereocenters. The van der Waals surface area contributed by atoms with Gasteiger partial charge in [-0.3, -0.25) is 0 Å². The molecule has 5 rings (SSSR count). The zero-order valence-electron chi connectivity index (χ0n) is 16.4. The van der Waals surface area contributed by atoms with E-state index in [-0.39, 0.29) is 0 Å². The van der Waals surface area contributed by atoms with E-state index in [9.17, 15) is 0 Å². The Balaban J connectivity index is 1.53. The van der Waals surface area contributed by atoms with Crippen molar-refractivity contribution in [1.82, 2.24) is 9.55 Å². The number of benzene rings is 4. The lowest BCUT2D eigenvalue weighted by molar-refractivity contribution is 0.291. The molecule has 0 N–H and O–H groups in total. The van der Waals surface area contributed by atoms with Crippen LogP contribution in [0.5, 0.6) is 5.75 Å². The van der Waals surface area contributed by atoms with Crippen molar-refractivity contribution in [1.29, 1.82) is 0 Å². The van der Waals surface area contributed by atoms with E-state index in [1.54, 1.807) is 0 Å². The maximum absolute atomic E-state index is 6.06. The number of ether oxygens (including phenoxy) is 1. The van der Waals surface area contributed by atoms with E-state index >= 15 is 0 Å². The lowest BCUT2D eigenvalue weighted by atomic mass is 10.0. The first-order chi connectivity index (χ1) is 14.3. The molecule has 5 aromatic rings. The standard InChI is InChI=1S/C26H22N2O/c1-19-13-15-22(16-14-19)29-18-26-27-24-11-4-5-12-25(24)28(26)17-21-9-6-8-20-7-2-3-10-23(20)21/h2-16H,17-18H2,1H3. The lowest BCUT2D eigenvalue weighted by Gasteiger charge is -2.13. The number of hydrogen-bond acceptors (Lipinski definition) is 2. The largest absolute Gasteiger partial charge is 0.486 e. The Bertz CT molecular complexity index is 1280. The van der Waals surface area contributed by atoms with E-state index in [0.29, 0.717) is 6.61 Å². The molecule has 1 heterocycles. The van der Waals surface area contributed by atoms with Gasteiger partial charge in [-0.1, -0.05) is 72.3 Å². The molecule has 4 aromatic carbocycles. The highest BCUT2D eigenvalue weighted by Gasteiger charge is 2.13. The van der Waals surface area contributed by atoms with Gasteiger partial charge in [0.25, 0.3) is 0 Å². The van der Waals surface area contributed by atoms with Gasteiger partial charge in [-0.05, 0) is 47.5 Å². The number of aromatic nitrogens is 2. The van der Waals surface area contributed by atoms with E-state index < -0.39 is 0 Å². The molecule has 3 nitrogen and oxygen atoms in total. The number of para-hydroxylation sites is 2. The maximum Gasteiger partial charge on any atom is 0.148 e. The first-order valence-corrected chi connectivity index (χ1v) is 9.88. The summed E-state index contributed by atoms with van der Waals surface area (Å²) in [7, 11) is 0. The van der Waals surface area contributed by atoms with Crippen molar-refractivity contribution in [2.24, 2.45) is 0 Å². The molecule has 0 fully saturated rings. The molecule has 0 radical (unpaired) electrons. The van der Waals surface area contributed by atoms with Crippen molar-refractivity contribution in [2.75, 3.05) is 0 Å². The van der Waals surface area contributed by atoms with Gasteiger partial charge in [-0.25, -0.2) is 4.98 Å². The predicted octanol–water partition coefficient (Wildman–Crippen LogP) is 6.13. The zero-order valence-corrected chi connectivity index (χ0v) is 16.4. The Hall–Kier alpha value is -3.59. The van der Waals surface area contributed by atoms with Crippen LogP contribution in [0.4, 0.5) is 0 Å². The molecule has 142 valence electrons. The van der Waals surface area contributed by atoms with Crippen molar-refractivity contribution < 1.29 is 4.74 Å². The first kappa shape index (κ1) is 17.5. The molecular weight excluding hydrogens is 356 g/mol. The minimum atomic E-state index is 0.433. The lowest BCUT2D eigenvalue weighted by Crippen LogP contribution is -2.08. The second kappa shape index (κ2) is 7.44. The highest BCUT2D eigenvalue weighted by molar-refractivity contribution is 5.86. The summed E-state index contributed by atoms with van der Waals surface area (Å²) in [5.41, 5.74) is 4.63. The SMILES string of the molecule is Cc1ccc(OCc2nc3ccccc3n2Cc2cccc3ccccc23)cc1. The van der Waals surface area contributed by atoms with E-state index in [0.717, 1.165) is 29.2 Å². The summed E-state index contributed by atoms with van der Waals surface area (Å²) in [4.78, 5) is 4.86. The quantitative estimate of drug-likeness (QED) is 0.368. The Labute approximate surface area is 170 Å². The Morgan fingerprint density at radius 2 is 1.55 bits per heavy atom. The topological polar surface area (TPSA) is 27.1 Å². The Morgan fingerprint density at radius 1 is 0.793 bits per heavy atom. The number of aryl methyl sites for hydroxylation is 1. The molecule has 0 saturated carbocycles. The number of hydrogen-bond donors (Lipinski definition) is 0. The van der Waals surface area contributed by atoms with Crippen LogP contribution < -0.4 is 4.74 Å². The van der Waals surface area contributed by atoms with Gasteiger partial charge < -0.3 is 9.30 Å². The van der Waals surface area contributed by atoms with Crippen molar-refractivity contribution in [2.45, 2.75) is 20.1 Å². The van der Waals surface area contributed by atoms with Gasteiger partial charge in [0.15, 0.2) is 0 Å². The minimum absolute atomic E-state index is 0.433. The summed E-state index contributed by atoms with van der Waals surface area (Å²) >= 11 is 0. The van der Waals surface area contributed by atoms with Crippen LogP contribution >= 0.6 is 0 Å². The minimum Gasteiger partial charge on any atom is -0.486 e. The number of imidazole rings is 1. The normalized spacial score (nSPS) is 11.2. The third-order valence-electron chi connectivity index (χ3n) is 5.33. The molecule has 0 amide bonds. The van der Waals surface area contributed by atoms with Crippen LogP contribution in [0.3, 0.4) is 0 Å². The fourth-order valence-electron chi connectivity index (χ4n) is 3.80. The smallest absolute Gasteiger partial charge is 0.148 e. The van der Waals surface area contributed by atoms with Crippen LogP contribution in [0, 0.1) is 6.92 Å². The van der Waals surface area contributed by atoms with Gasteiger partial charge in [-0.2, -0.15) is 0 Å². The molecule has 0 unspecified atom stereocenters. The maximum atomic E-state index is 6.06. The van der Waals surface area contributed by atoms with Gasteiger partial charge in [0, 0.05) is 0 Å². The van der Waals surface area contributed by atoms with Crippen LogP contribution in [-0.2, 0) is 13.2 Å². The molecule has 0 aliphatic carbocycles. The summed E-state index contributed by atoms with van der Waals surface area (Å²) < 4.78 is 8.33. The Morgan fingerprint density at radius 3 is 2.45 bits per heavy atom. The van der Waals surface area contributed by atoms with Gasteiger partial charge in [-0.15, -0.1) is 0 Å². The molecule has 29 heavy (non-hydrogen) atoms. The summed E-state index contributed by atoms with van der Waals surface area (Å²) in [5.74, 6) is 1.79. The molecule has 0 spiro atoms. The average molecular weight is 378 g/mol. The Kier molecular flexibility index (Phi) is 4.49.